The van der Waals surface area contributed by atoms with Crippen molar-refractivity contribution in [3.8, 4) is 0 Å². The van der Waals surface area contributed by atoms with Crippen LogP contribution in [0.5, 0.6) is 0 Å². The molecule has 0 N–H and O–H groups in total. The molecule has 0 amide bonds. The van der Waals surface area contributed by atoms with Crippen LogP contribution in [-0.4, -0.2) is 16.1 Å². The van der Waals surface area contributed by atoms with Gasteiger partial charge in [-0.15, -0.1) is 0 Å². The Balaban J connectivity index is 1.87. The molecule has 0 aromatic rings. The van der Waals surface area contributed by atoms with Crippen molar-refractivity contribution in [1.29, 1.82) is 0 Å². The number of hydrogen-bond acceptors (Lipinski definition) is 1. The van der Waals surface area contributed by atoms with Crippen LogP contribution in [0, 0.1) is 5.92 Å². The third kappa shape index (κ3) is 2.04. The molecule has 2 aliphatic rings. The maximum atomic E-state index is 6.09. The second-order valence-corrected chi connectivity index (χ2v) is 5.83. The van der Waals surface area contributed by atoms with Crippen molar-refractivity contribution in [1.82, 2.24) is 0 Å². The summed E-state index contributed by atoms with van der Waals surface area (Å²) >= 11 is 2.63. The Morgan fingerprint density at radius 3 is 2.92 bits per heavy atom. The fourth-order valence-electron chi connectivity index (χ4n) is 2.70. The number of unbranched alkanes of at least 4 members (excludes halogenated alkanes) is 1. The third-order valence-electron chi connectivity index (χ3n) is 3.46. The highest BCUT2D eigenvalue weighted by Gasteiger charge is 2.44. The van der Waals surface area contributed by atoms with Gasteiger partial charge in [-0.2, -0.15) is 0 Å². The molecule has 1 aliphatic heterocycles. The lowest BCUT2D eigenvalue weighted by molar-refractivity contribution is 0.0372. The van der Waals surface area contributed by atoms with E-state index >= 15 is 0 Å². The van der Waals surface area contributed by atoms with Gasteiger partial charge < -0.3 is 4.74 Å². The topological polar surface area (TPSA) is 9.23 Å². The zero-order chi connectivity index (χ0) is 9.26. The van der Waals surface area contributed by atoms with Crippen LogP contribution in [0.1, 0.15) is 45.4 Å². The van der Waals surface area contributed by atoms with Crippen molar-refractivity contribution in [2.75, 3.05) is 0 Å². The standard InChI is InChI=1S/C11H19IO/c1-2-3-6-10-11(12)8-5-4-7-9(8)13-10/h8-11H,2-7H2,1H3/t8-,9+,10-,11+/m0/s1. The molecule has 76 valence electrons. The first kappa shape index (κ1) is 10.2. The van der Waals surface area contributed by atoms with Crippen LogP contribution in [0.2, 0.25) is 0 Å². The lowest BCUT2D eigenvalue weighted by Crippen LogP contribution is -2.19. The zero-order valence-corrected chi connectivity index (χ0v) is 10.5. The van der Waals surface area contributed by atoms with Crippen molar-refractivity contribution in [3.63, 3.8) is 0 Å². The van der Waals surface area contributed by atoms with Crippen molar-refractivity contribution in [2.45, 2.75) is 61.6 Å². The van der Waals surface area contributed by atoms with Crippen LogP contribution in [0.15, 0.2) is 0 Å². The van der Waals surface area contributed by atoms with Gasteiger partial charge >= 0.3 is 0 Å². The van der Waals surface area contributed by atoms with Crippen LogP contribution in [-0.2, 0) is 4.74 Å². The molecule has 0 spiro atoms. The largest absolute Gasteiger partial charge is 0.374 e. The fourth-order valence-corrected chi connectivity index (χ4v) is 4.05. The van der Waals surface area contributed by atoms with Crippen LogP contribution < -0.4 is 0 Å². The van der Waals surface area contributed by atoms with Crippen LogP contribution in [0.3, 0.4) is 0 Å². The zero-order valence-electron chi connectivity index (χ0n) is 8.34. The summed E-state index contributed by atoms with van der Waals surface area (Å²) in [4.78, 5) is 0. The van der Waals surface area contributed by atoms with Gasteiger partial charge in [0.1, 0.15) is 0 Å². The molecule has 0 aromatic heterocycles. The van der Waals surface area contributed by atoms with Crippen molar-refractivity contribution >= 4 is 22.6 Å². The number of fused-ring (bicyclic) bond motifs is 1. The molecule has 1 aliphatic carbocycles. The highest BCUT2D eigenvalue weighted by molar-refractivity contribution is 14.1. The second-order valence-electron chi connectivity index (χ2n) is 4.39. The van der Waals surface area contributed by atoms with E-state index in [-0.39, 0.29) is 0 Å². The summed E-state index contributed by atoms with van der Waals surface area (Å²) in [5.74, 6) is 0.891. The van der Waals surface area contributed by atoms with Gasteiger partial charge in [0.2, 0.25) is 0 Å². The van der Waals surface area contributed by atoms with E-state index in [1.165, 1.54) is 38.5 Å². The predicted molar refractivity (Wildman–Crippen MR) is 63.3 cm³/mol. The first-order valence-corrected chi connectivity index (χ1v) is 6.87. The van der Waals surface area contributed by atoms with Gasteiger partial charge in [0.05, 0.1) is 12.2 Å². The van der Waals surface area contributed by atoms with Gasteiger partial charge in [0.15, 0.2) is 0 Å². The minimum Gasteiger partial charge on any atom is -0.374 e. The lowest BCUT2D eigenvalue weighted by atomic mass is 9.99. The van der Waals surface area contributed by atoms with E-state index in [1.54, 1.807) is 0 Å². The molecular weight excluding hydrogens is 275 g/mol. The monoisotopic (exact) mass is 294 g/mol. The minimum absolute atomic E-state index is 0.579. The first-order valence-electron chi connectivity index (χ1n) is 5.62. The molecule has 1 nitrogen and oxygen atoms in total. The van der Waals surface area contributed by atoms with E-state index in [2.05, 4.69) is 29.5 Å². The molecule has 1 saturated heterocycles. The van der Waals surface area contributed by atoms with Crippen molar-refractivity contribution in [2.24, 2.45) is 5.92 Å². The van der Waals surface area contributed by atoms with E-state index in [1.807, 2.05) is 0 Å². The minimum atomic E-state index is 0.579. The number of halogens is 1. The van der Waals surface area contributed by atoms with Gasteiger partial charge in [-0.25, -0.2) is 0 Å². The molecule has 2 heteroatoms. The predicted octanol–water partition coefficient (Wildman–Crippen LogP) is 3.55. The van der Waals surface area contributed by atoms with Gasteiger partial charge in [0.25, 0.3) is 0 Å². The smallest absolute Gasteiger partial charge is 0.0700 e. The van der Waals surface area contributed by atoms with E-state index < -0.39 is 0 Å². The van der Waals surface area contributed by atoms with E-state index in [0.717, 1.165) is 9.84 Å². The van der Waals surface area contributed by atoms with E-state index in [9.17, 15) is 0 Å². The summed E-state index contributed by atoms with van der Waals surface area (Å²) in [6, 6.07) is 0. The van der Waals surface area contributed by atoms with Crippen LogP contribution in [0.25, 0.3) is 0 Å². The Bertz CT molecular complexity index is 171. The lowest BCUT2D eigenvalue weighted by Gasteiger charge is -2.15. The quantitative estimate of drug-likeness (QED) is 0.571. The van der Waals surface area contributed by atoms with Gasteiger partial charge in [-0.3, -0.25) is 0 Å². The van der Waals surface area contributed by atoms with E-state index in [4.69, 9.17) is 4.74 Å². The molecule has 0 bridgehead atoms. The summed E-state index contributed by atoms with van der Waals surface area (Å²) in [5.41, 5.74) is 0. The van der Waals surface area contributed by atoms with Gasteiger partial charge in [0, 0.05) is 3.92 Å². The second kappa shape index (κ2) is 4.47. The fraction of sp³-hybridized carbons (Fsp3) is 1.00. The molecule has 2 rings (SSSR count). The maximum Gasteiger partial charge on any atom is 0.0700 e. The molecule has 0 unspecified atom stereocenters. The normalized spacial score (nSPS) is 43.8. The van der Waals surface area contributed by atoms with Crippen LogP contribution in [0.4, 0.5) is 0 Å². The molecule has 0 radical (unpaired) electrons. The maximum absolute atomic E-state index is 6.09. The number of alkyl halides is 1. The highest BCUT2D eigenvalue weighted by Crippen LogP contribution is 2.44. The highest BCUT2D eigenvalue weighted by atomic mass is 127. The summed E-state index contributed by atoms with van der Waals surface area (Å²) in [6.45, 7) is 2.26. The molecule has 1 saturated carbocycles. The number of rotatable bonds is 3. The Morgan fingerprint density at radius 1 is 1.38 bits per heavy atom. The Kier molecular flexibility index (Phi) is 3.52. The van der Waals surface area contributed by atoms with Gasteiger partial charge in [-0.1, -0.05) is 48.8 Å². The summed E-state index contributed by atoms with van der Waals surface area (Å²) in [5, 5.41) is 0. The Hall–Kier alpha value is 0.690. The molecular formula is C11H19IO. The van der Waals surface area contributed by atoms with Crippen molar-refractivity contribution < 1.29 is 4.74 Å². The van der Waals surface area contributed by atoms with Crippen molar-refractivity contribution in [3.05, 3.63) is 0 Å². The van der Waals surface area contributed by atoms with E-state index in [0.29, 0.717) is 12.2 Å². The van der Waals surface area contributed by atoms with Crippen LogP contribution >= 0.6 is 22.6 Å². The SMILES string of the molecule is CCCC[C@@H]1O[C@@H]2CCC[C@@H]2[C@H]1I. The molecule has 2 fully saturated rings. The molecule has 1 heterocycles. The molecule has 0 aromatic carbocycles. The summed E-state index contributed by atoms with van der Waals surface area (Å²) in [6.07, 6.45) is 9.28. The number of ether oxygens (including phenoxy) is 1. The molecule has 4 atom stereocenters. The Morgan fingerprint density at radius 2 is 2.23 bits per heavy atom. The summed E-state index contributed by atoms with van der Waals surface area (Å²) in [7, 11) is 0. The molecule has 13 heavy (non-hydrogen) atoms. The average Bonchev–Trinajstić information content (AvgIpc) is 2.67. The first-order chi connectivity index (χ1) is 6.33. The third-order valence-corrected chi connectivity index (χ3v) is 5.19. The van der Waals surface area contributed by atoms with Gasteiger partial charge in [-0.05, 0) is 25.2 Å². The number of hydrogen-bond donors (Lipinski definition) is 0. The summed E-state index contributed by atoms with van der Waals surface area (Å²) < 4.78 is 6.89. The Labute approximate surface area is 94.8 Å². The average molecular weight is 294 g/mol.